The van der Waals surface area contributed by atoms with Crippen molar-refractivity contribution in [3.63, 3.8) is 0 Å². The predicted octanol–water partition coefficient (Wildman–Crippen LogP) is -1.10. The summed E-state index contributed by atoms with van der Waals surface area (Å²) in [6.45, 7) is 1.64. The quantitative estimate of drug-likeness (QED) is 0.425. The summed E-state index contributed by atoms with van der Waals surface area (Å²) < 4.78 is 35.0. The van der Waals surface area contributed by atoms with Crippen LogP contribution in [0.2, 0.25) is 0 Å². The van der Waals surface area contributed by atoms with E-state index in [-0.39, 0.29) is 45.6 Å². The van der Waals surface area contributed by atoms with Gasteiger partial charge in [-0.25, -0.2) is 13.8 Å². The molecule has 0 saturated carbocycles. The van der Waals surface area contributed by atoms with E-state index in [1.54, 1.807) is 43.3 Å². The zero-order chi connectivity index (χ0) is 17.3. The van der Waals surface area contributed by atoms with Gasteiger partial charge in [-0.1, -0.05) is 48.5 Å². The first kappa shape index (κ1) is 19.6. The molecule has 1 aliphatic rings. The second-order valence-corrected chi connectivity index (χ2v) is 6.55. The van der Waals surface area contributed by atoms with Crippen molar-refractivity contribution in [1.29, 1.82) is 0 Å². The second-order valence-electron chi connectivity index (χ2n) is 5.20. The molecule has 1 N–H and O–H groups in total. The Kier molecular flexibility index (Phi) is 5.97. The standard InChI is InChI=1S/C17H14N2O4S.Na/c1-11-15(17(20)19-18-11)16(12-7-3-2-4-8-12)13-9-5-6-10-14(13)24(21,22)23;/h2-10H,1H3,(H,19,20)(H,21,22,23);/q;+1/p-1. The molecule has 1 amide bonds. The monoisotopic (exact) mass is 364 g/mol. The van der Waals surface area contributed by atoms with Crippen LogP contribution < -0.4 is 35.0 Å². The Morgan fingerprint density at radius 1 is 1.04 bits per heavy atom. The van der Waals surface area contributed by atoms with Crippen LogP contribution in [-0.4, -0.2) is 24.6 Å². The molecule has 1 heterocycles. The minimum absolute atomic E-state index is 0. The van der Waals surface area contributed by atoms with Crippen LogP contribution in [0.1, 0.15) is 18.1 Å². The van der Waals surface area contributed by atoms with Crippen molar-refractivity contribution in [3.05, 3.63) is 71.3 Å². The summed E-state index contributed by atoms with van der Waals surface area (Å²) in [4.78, 5) is 11.9. The molecule has 8 heteroatoms. The molecular formula is C17H13N2NaO4S. The number of benzene rings is 2. The molecule has 6 nitrogen and oxygen atoms in total. The number of nitrogens with zero attached hydrogens (tertiary/aromatic N) is 1. The fraction of sp³-hybridized carbons (Fsp3) is 0.0588. The number of hydrogen-bond donors (Lipinski definition) is 1. The summed E-state index contributed by atoms with van der Waals surface area (Å²) in [6, 6.07) is 14.7. The zero-order valence-corrected chi connectivity index (χ0v) is 16.5. The van der Waals surface area contributed by atoms with Gasteiger partial charge in [-0.3, -0.25) is 4.79 Å². The van der Waals surface area contributed by atoms with Crippen LogP contribution >= 0.6 is 0 Å². The average Bonchev–Trinajstić information content (AvgIpc) is 2.88. The van der Waals surface area contributed by atoms with Crippen LogP contribution in [0.3, 0.4) is 0 Å². The normalized spacial score (nSPS) is 15.9. The van der Waals surface area contributed by atoms with Crippen molar-refractivity contribution >= 4 is 27.3 Å². The van der Waals surface area contributed by atoms with E-state index >= 15 is 0 Å². The van der Waals surface area contributed by atoms with Gasteiger partial charge in [0.25, 0.3) is 5.91 Å². The maximum absolute atomic E-state index is 12.2. The van der Waals surface area contributed by atoms with Gasteiger partial charge in [0.05, 0.1) is 16.2 Å². The number of amides is 1. The van der Waals surface area contributed by atoms with E-state index in [9.17, 15) is 17.8 Å². The second kappa shape index (κ2) is 7.63. The van der Waals surface area contributed by atoms with Gasteiger partial charge in [-0.05, 0) is 18.6 Å². The van der Waals surface area contributed by atoms with E-state index < -0.39 is 16.0 Å². The van der Waals surface area contributed by atoms with E-state index in [1.807, 2.05) is 0 Å². The third kappa shape index (κ3) is 3.91. The Hall–Kier alpha value is -1.77. The molecule has 0 spiro atoms. The Morgan fingerprint density at radius 3 is 2.20 bits per heavy atom. The largest absolute Gasteiger partial charge is 1.00 e. The van der Waals surface area contributed by atoms with Gasteiger partial charge in [0, 0.05) is 11.1 Å². The third-order valence-corrected chi connectivity index (χ3v) is 4.55. The van der Waals surface area contributed by atoms with Crippen LogP contribution in [0.15, 0.2) is 70.2 Å². The van der Waals surface area contributed by atoms with Crippen LogP contribution in [0.4, 0.5) is 0 Å². The molecule has 2 aromatic carbocycles. The number of nitrogens with one attached hydrogen (secondary N) is 1. The van der Waals surface area contributed by atoms with Crippen LogP contribution in [0.5, 0.6) is 0 Å². The van der Waals surface area contributed by atoms with Gasteiger partial charge in [0.15, 0.2) is 0 Å². The molecular weight excluding hydrogens is 351 g/mol. The summed E-state index contributed by atoms with van der Waals surface area (Å²) in [5, 5.41) is 3.89. The summed E-state index contributed by atoms with van der Waals surface area (Å²) in [5.41, 5.74) is 4.20. The SMILES string of the molecule is CC1=NNC(=O)C1=C(c1ccccc1)c1ccccc1S(=O)(=O)[O-].[Na+]. The Labute approximate surface area is 167 Å². The topological polar surface area (TPSA) is 98.7 Å². The van der Waals surface area contributed by atoms with Gasteiger partial charge < -0.3 is 4.55 Å². The van der Waals surface area contributed by atoms with Crippen molar-refractivity contribution in [2.75, 3.05) is 0 Å². The maximum atomic E-state index is 12.2. The van der Waals surface area contributed by atoms with E-state index in [1.165, 1.54) is 18.2 Å². The first-order valence-electron chi connectivity index (χ1n) is 7.09. The van der Waals surface area contributed by atoms with E-state index in [4.69, 9.17) is 0 Å². The molecule has 1 aliphatic heterocycles. The molecule has 0 aromatic heterocycles. The van der Waals surface area contributed by atoms with Crippen molar-refractivity contribution in [2.24, 2.45) is 5.10 Å². The molecule has 0 radical (unpaired) electrons. The first-order chi connectivity index (χ1) is 11.4. The summed E-state index contributed by atoms with van der Waals surface area (Å²) in [5.74, 6) is -0.440. The predicted molar refractivity (Wildman–Crippen MR) is 88.1 cm³/mol. The van der Waals surface area contributed by atoms with E-state index in [0.29, 0.717) is 16.8 Å². The van der Waals surface area contributed by atoms with Crippen LogP contribution in [0.25, 0.3) is 5.57 Å². The fourth-order valence-corrected chi connectivity index (χ4v) is 3.32. The van der Waals surface area contributed by atoms with Gasteiger partial charge in [-0.15, -0.1) is 0 Å². The smallest absolute Gasteiger partial charge is 0.744 e. The van der Waals surface area contributed by atoms with Crippen molar-refractivity contribution in [2.45, 2.75) is 11.8 Å². The summed E-state index contributed by atoms with van der Waals surface area (Å²) in [6.07, 6.45) is 0. The molecule has 3 rings (SSSR count). The number of hydrazone groups is 1. The van der Waals surface area contributed by atoms with Crippen molar-refractivity contribution in [1.82, 2.24) is 5.43 Å². The summed E-state index contributed by atoms with van der Waals surface area (Å²) in [7, 11) is -4.71. The molecule has 0 unspecified atom stereocenters. The number of hydrogen-bond acceptors (Lipinski definition) is 5. The van der Waals surface area contributed by atoms with Crippen LogP contribution in [0, 0.1) is 0 Å². The average molecular weight is 364 g/mol. The molecule has 122 valence electrons. The van der Waals surface area contributed by atoms with E-state index in [2.05, 4.69) is 10.5 Å². The maximum Gasteiger partial charge on any atom is 1.00 e. The number of carbonyl (C=O) groups is 1. The van der Waals surface area contributed by atoms with Gasteiger partial charge in [-0.2, -0.15) is 5.10 Å². The van der Waals surface area contributed by atoms with Gasteiger partial charge in [0.1, 0.15) is 10.1 Å². The zero-order valence-electron chi connectivity index (χ0n) is 13.7. The molecule has 0 saturated heterocycles. The third-order valence-electron chi connectivity index (χ3n) is 3.65. The minimum atomic E-state index is -4.71. The molecule has 0 atom stereocenters. The Bertz CT molecular complexity index is 983. The molecule has 0 bridgehead atoms. The summed E-state index contributed by atoms with van der Waals surface area (Å²) >= 11 is 0. The molecule has 0 aliphatic carbocycles. The number of rotatable bonds is 3. The first-order valence-corrected chi connectivity index (χ1v) is 8.50. The van der Waals surface area contributed by atoms with E-state index in [0.717, 1.165) is 0 Å². The number of carbonyl (C=O) groups excluding carboxylic acids is 1. The fourth-order valence-electron chi connectivity index (χ4n) is 2.64. The Morgan fingerprint density at radius 2 is 1.64 bits per heavy atom. The Balaban J connectivity index is 0.00000225. The molecule has 25 heavy (non-hydrogen) atoms. The van der Waals surface area contributed by atoms with Crippen LogP contribution in [-0.2, 0) is 14.9 Å². The minimum Gasteiger partial charge on any atom is -0.744 e. The van der Waals surface area contributed by atoms with Gasteiger partial charge >= 0.3 is 29.6 Å². The molecule has 2 aromatic rings. The van der Waals surface area contributed by atoms with Crippen molar-refractivity contribution < 1.29 is 47.3 Å². The van der Waals surface area contributed by atoms with Gasteiger partial charge in [0.2, 0.25) is 0 Å². The molecule has 0 fully saturated rings. The van der Waals surface area contributed by atoms with Crippen molar-refractivity contribution in [3.8, 4) is 0 Å².